The zero-order valence-electron chi connectivity index (χ0n) is 14.5. The molecule has 0 unspecified atom stereocenters. The number of sulfonamides is 1. The van der Waals surface area contributed by atoms with Crippen LogP contribution in [0.25, 0.3) is 0 Å². The van der Waals surface area contributed by atoms with E-state index in [1.807, 2.05) is 0 Å². The molecular formula is C17H17ClF2N2O3S2. The number of rotatable bonds is 7. The lowest BCUT2D eigenvalue weighted by molar-refractivity contribution is -0.128. The van der Waals surface area contributed by atoms with Crippen molar-refractivity contribution in [1.82, 2.24) is 4.90 Å². The van der Waals surface area contributed by atoms with E-state index < -0.39 is 26.6 Å². The maximum Gasteiger partial charge on any atom is 0.264 e. The summed E-state index contributed by atoms with van der Waals surface area (Å²) in [7, 11) is -1.00. The first-order valence-corrected chi connectivity index (χ1v) is 10.5. The molecule has 0 spiro atoms. The molecule has 0 bridgehead atoms. The Kier molecular flexibility index (Phi) is 7.07. The second-order valence-corrected chi connectivity index (χ2v) is 8.93. The van der Waals surface area contributed by atoms with Crippen molar-refractivity contribution < 1.29 is 22.0 Å². The molecule has 0 aliphatic heterocycles. The third-order valence-electron chi connectivity index (χ3n) is 3.44. The lowest BCUT2D eigenvalue weighted by Gasteiger charge is -2.14. The summed E-state index contributed by atoms with van der Waals surface area (Å²) in [6.45, 7) is 0. The molecule has 0 radical (unpaired) electrons. The van der Waals surface area contributed by atoms with Crippen LogP contribution in [-0.4, -0.2) is 39.1 Å². The van der Waals surface area contributed by atoms with Crippen LogP contribution in [0.1, 0.15) is 6.42 Å². The van der Waals surface area contributed by atoms with Crippen LogP contribution in [-0.2, 0) is 14.8 Å². The fourth-order valence-corrected chi connectivity index (χ4v) is 4.37. The van der Waals surface area contributed by atoms with Gasteiger partial charge in [0.1, 0.15) is 16.5 Å². The Labute approximate surface area is 165 Å². The number of nitrogens with zero attached hydrogens (tertiary/aromatic N) is 1. The van der Waals surface area contributed by atoms with E-state index in [0.29, 0.717) is 16.7 Å². The smallest absolute Gasteiger partial charge is 0.264 e. The molecule has 10 heteroatoms. The first kappa shape index (κ1) is 21.5. The number of amides is 1. The quantitative estimate of drug-likeness (QED) is 0.669. The van der Waals surface area contributed by atoms with Crippen molar-refractivity contribution in [3.8, 4) is 0 Å². The van der Waals surface area contributed by atoms with Crippen molar-refractivity contribution in [3.05, 3.63) is 53.1 Å². The largest absolute Gasteiger partial charge is 0.349 e. The van der Waals surface area contributed by atoms with E-state index in [4.69, 9.17) is 11.6 Å². The minimum absolute atomic E-state index is 0.0630. The number of nitrogens with one attached hydrogen (secondary N) is 1. The molecule has 0 atom stereocenters. The summed E-state index contributed by atoms with van der Waals surface area (Å²) < 4.78 is 54.1. The fourth-order valence-electron chi connectivity index (χ4n) is 2.07. The monoisotopic (exact) mass is 434 g/mol. The van der Waals surface area contributed by atoms with Gasteiger partial charge in [-0.05, 0) is 30.3 Å². The second-order valence-electron chi connectivity index (χ2n) is 5.71. The van der Waals surface area contributed by atoms with E-state index >= 15 is 0 Å². The second kappa shape index (κ2) is 8.90. The van der Waals surface area contributed by atoms with E-state index in [2.05, 4.69) is 4.72 Å². The summed E-state index contributed by atoms with van der Waals surface area (Å²) in [5.41, 5.74) is 0.147. The molecule has 2 rings (SSSR count). The van der Waals surface area contributed by atoms with Gasteiger partial charge in [0.2, 0.25) is 5.91 Å². The molecule has 1 N–H and O–H groups in total. The standard InChI is InChI=1S/C17H17ClF2N2O3S2/c1-22(2)17(23)7-8-26-15-5-3-11(18)9-14(15)21-27(24,25)16-6-4-12(19)10-13(16)20/h3-6,9-10,21H,7-8H2,1-2H3. The first-order valence-electron chi connectivity index (χ1n) is 7.70. The van der Waals surface area contributed by atoms with Gasteiger partial charge in [-0.25, -0.2) is 17.2 Å². The minimum Gasteiger partial charge on any atom is -0.349 e. The van der Waals surface area contributed by atoms with Crippen molar-refractivity contribution in [2.24, 2.45) is 0 Å². The van der Waals surface area contributed by atoms with Gasteiger partial charge in [0, 0.05) is 42.3 Å². The molecule has 0 aliphatic carbocycles. The Balaban J connectivity index is 2.24. The van der Waals surface area contributed by atoms with Gasteiger partial charge >= 0.3 is 0 Å². The summed E-state index contributed by atoms with van der Waals surface area (Å²) in [5, 5.41) is 0.279. The predicted octanol–water partition coefficient (Wildman–Crippen LogP) is 3.99. The molecule has 0 aromatic heterocycles. The highest BCUT2D eigenvalue weighted by atomic mass is 35.5. The molecule has 0 fully saturated rings. The molecule has 2 aromatic carbocycles. The highest BCUT2D eigenvalue weighted by molar-refractivity contribution is 7.99. The molecule has 5 nitrogen and oxygen atoms in total. The summed E-state index contributed by atoms with van der Waals surface area (Å²) in [6, 6.07) is 6.77. The van der Waals surface area contributed by atoms with Crippen LogP contribution in [0.5, 0.6) is 0 Å². The summed E-state index contributed by atoms with van der Waals surface area (Å²) in [4.78, 5) is 13.0. The van der Waals surface area contributed by atoms with Crippen LogP contribution in [0, 0.1) is 11.6 Å². The maximum atomic E-state index is 13.9. The number of benzene rings is 2. The summed E-state index contributed by atoms with van der Waals surface area (Å²) in [6.07, 6.45) is 0.263. The first-order chi connectivity index (χ1) is 12.6. The molecule has 146 valence electrons. The minimum atomic E-state index is -4.29. The van der Waals surface area contributed by atoms with Gasteiger partial charge in [0.25, 0.3) is 10.0 Å². The molecule has 1 amide bonds. The van der Waals surface area contributed by atoms with E-state index in [0.717, 1.165) is 12.1 Å². The number of hydrogen-bond donors (Lipinski definition) is 1. The van der Waals surface area contributed by atoms with Gasteiger partial charge in [0.15, 0.2) is 0 Å². The third kappa shape index (κ3) is 5.82. The van der Waals surface area contributed by atoms with Gasteiger partial charge in [-0.1, -0.05) is 11.6 Å². The summed E-state index contributed by atoms with van der Waals surface area (Å²) in [5.74, 6) is -1.73. The number of hydrogen-bond acceptors (Lipinski definition) is 4. The molecule has 0 heterocycles. The normalized spacial score (nSPS) is 11.3. The Morgan fingerprint density at radius 3 is 2.52 bits per heavy atom. The van der Waals surface area contributed by atoms with Crippen LogP contribution in [0.4, 0.5) is 14.5 Å². The topological polar surface area (TPSA) is 66.5 Å². The Morgan fingerprint density at radius 2 is 1.89 bits per heavy atom. The number of carbonyl (C=O) groups excluding carboxylic acids is 1. The van der Waals surface area contributed by atoms with Gasteiger partial charge in [-0.3, -0.25) is 9.52 Å². The lowest BCUT2D eigenvalue weighted by atomic mass is 10.3. The van der Waals surface area contributed by atoms with Crippen molar-refractivity contribution in [1.29, 1.82) is 0 Å². The van der Waals surface area contributed by atoms with E-state index in [9.17, 15) is 22.0 Å². The van der Waals surface area contributed by atoms with E-state index in [1.165, 1.54) is 22.7 Å². The fraction of sp³-hybridized carbons (Fsp3) is 0.235. The SMILES string of the molecule is CN(C)C(=O)CCSc1ccc(Cl)cc1NS(=O)(=O)c1ccc(F)cc1F. The van der Waals surface area contributed by atoms with Gasteiger partial charge in [0.05, 0.1) is 5.69 Å². The maximum absolute atomic E-state index is 13.9. The van der Waals surface area contributed by atoms with Crippen molar-refractivity contribution in [2.75, 3.05) is 24.6 Å². The Hall–Kier alpha value is -1.84. The number of carbonyl (C=O) groups is 1. The van der Waals surface area contributed by atoms with Crippen LogP contribution in [0.2, 0.25) is 5.02 Å². The van der Waals surface area contributed by atoms with Crippen molar-refractivity contribution >= 4 is 45.0 Å². The molecular weight excluding hydrogens is 418 g/mol. The highest BCUT2D eigenvalue weighted by Gasteiger charge is 2.21. The Morgan fingerprint density at radius 1 is 1.19 bits per heavy atom. The third-order valence-corrected chi connectivity index (χ3v) is 6.15. The number of halogens is 3. The lowest BCUT2D eigenvalue weighted by Crippen LogP contribution is -2.21. The molecule has 0 saturated heterocycles. The summed E-state index contributed by atoms with van der Waals surface area (Å²) >= 11 is 7.20. The Bertz CT molecular complexity index is 953. The van der Waals surface area contributed by atoms with Gasteiger partial charge in [-0.15, -0.1) is 11.8 Å². The van der Waals surface area contributed by atoms with Crippen molar-refractivity contribution in [3.63, 3.8) is 0 Å². The van der Waals surface area contributed by atoms with Crippen LogP contribution >= 0.6 is 23.4 Å². The zero-order chi connectivity index (χ0) is 20.2. The van der Waals surface area contributed by atoms with Crippen LogP contribution in [0.15, 0.2) is 46.2 Å². The van der Waals surface area contributed by atoms with Gasteiger partial charge < -0.3 is 4.90 Å². The average molecular weight is 435 g/mol. The van der Waals surface area contributed by atoms with Crippen molar-refractivity contribution in [2.45, 2.75) is 16.2 Å². The van der Waals surface area contributed by atoms with Crippen LogP contribution < -0.4 is 4.72 Å². The van der Waals surface area contributed by atoms with E-state index in [1.54, 1.807) is 26.2 Å². The molecule has 0 aliphatic rings. The zero-order valence-corrected chi connectivity index (χ0v) is 16.9. The predicted molar refractivity (Wildman–Crippen MR) is 103 cm³/mol. The van der Waals surface area contributed by atoms with Crippen LogP contribution in [0.3, 0.4) is 0 Å². The van der Waals surface area contributed by atoms with E-state index in [-0.39, 0.29) is 23.0 Å². The average Bonchev–Trinajstić information content (AvgIpc) is 2.55. The highest BCUT2D eigenvalue weighted by Crippen LogP contribution is 2.32. The molecule has 2 aromatic rings. The molecule has 27 heavy (non-hydrogen) atoms. The number of thioether (sulfide) groups is 1. The molecule has 0 saturated carbocycles. The number of anilines is 1. The van der Waals surface area contributed by atoms with Gasteiger partial charge in [-0.2, -0.15) is 0 Å².